The third-order valence-electron chi connectivity index (χ3n) is 4.65. The molecule has 0 bridgehead atoms. The van der Waals surface area contributed by atoms with Crippen molar-refractivity contribution in [3.63, 3.8) is 0 Å². The van der Waals surface area contributed by atoms with Crippen molar-refractivity contribution in [1.29, 1.82) is 0 Å². The van der Waals surface area contributed by atoms with E-state index in [2.05, 4.69) is 0 Å². The molecule has 124 valence electrons. The largest absolute Gasteiger partial charge is 0.394 e. The van der Waals surface area contributed by atoms with E-state index in [1.54, 1.807) is 31.2 Å². The highest BCUT2D eigenvalue weighted by Crippen LogP contribution is 2.39. The number of carbonyl (C=O) groups excluding carboxylic acids is 2. The summed E-state index contributed by atoms with van der Waals surface area (Å²) in [5.74, 6) is -0.959. The number of benzene rings is 1. The Balaban J connectivity index is 1.91. The van der Waals surface area contributed by atoms with E-state index in [9.17, 15) is 19.8 Å². The van der Waals surface area contributed by atoms with Gasteiger partial charge in [-0.3, -0.25) is 14.5 Å². The lowest BCUT2D eigenvalue weighted by Crippen LogP contribution is -2.49. The van der Waals surface area contributed by atoms with E-state index < -0.39 is 48.4 Å². The minimum Gasteiger partial charge on any atom is -0.394 e. The van der Waals surface area contributed by atoms with Crippen LogP contribution in [0.1, 0.15) is 18.9 Å². The second-order valence-electron chi connectivity index (χ2n) is 6.17. The lowest BCUT2D eigenvalue weighted by molar-refractivity contribution is -0.161. The van der Waals surface area contributed by atoms with Gasteiger partial charge in [-0.05, 0) is 12.5 Å². The molecule has 0 aliphatic carbocycles. The average molecular weight is 321 g/mol. The molecular weight excluding hydrogens is 302 g/mol. The minimum absolute atomic E-state index is 0.0394. The molecule has 0 aromatic heterocycles. The van der Waals surface area contributed by atoms with Gasteiger partial charge in [0, 0.05) is 6.42 Å². The highest BCUT2D eigenvalue weighted by molar-refractivity contribution is 6.09. The second-order valence-corrected chi connectivity index (χ2v) is 6.17. The van der Waals surface area contributed by atoms with Crippen molar-refractivity contribution in [3.8, 4) is 0 Å². The van der Waals surface area contributed by atoms with Crippen LogP contribution >= 0.6 is 0 Å². The molecule has 0 spiro atoms. The highest BCUT2D eigenvalue weighted by Gasteiger charge is 2.56. The summed E-state index contributed by atoms with van der Waals surface area (Å²) in [7, 11) is 0. The van der Waals surface area contributed by atoms with Gasteiger partial charge in [0.1, 0.15) is 18.3 Å². The van der Waals surface area contributed by atoms with Gasteiger partial charge >= 0.3 is 0 Å². The van der Waals surface area contributed by atoms with E-state index in [0.29, 0.717) is 5.56 Å². The fourth-order valence-electron chi connectivity index (χ4n) is 3.22. The molecule has 2 amide bonds. The Hall–Kier alpha value is -1.80. The van der Waals surface area contributed by atoms with Crippen molar-refractivity contribution in [2.24, 2.45) is 0 Å². The Morgan fingerprint density at radius 2 is 1.87 bits per heavy atom. The van der Waals surface area contributed by atoms with Crippen LogP contribution in [0.5, 0.6) is 0 Å². The molecule has 2 saturated heterocycles. The summed E-state index contributed by atoms with van der Waals surface area (Å²) in [6.45, 7) is 1.16. The smallest absolute Gasteiger partial charge is 0.242 e. The standard InChI is InChI=1S/C16H19NO6/c1-16(9-5-3-2-4-6-9)7-11(19)17(15(16)22)14-13(21)12(20)10(8-18)23-14/h2-6,10,12-14,18,20-21H,7-8H2,1H3. The molecular formula is C16H19NO6. The van der Waals surface area contributed by atoms with Gasteiger partial charge in [-0.2, -0.15) is 0 Å². The van der Waals surface area contributed by atoms with Gasteiger partial charge in [-0.25, -0.2) is 0 Å². The van der Waals surface area contributed by atoms with Gasteiger partial charge in [0.25, 0.3) is 0 Å². The summed E-state index contributed by atoms with van der Waals surface area (Å²) in [5.41, 5.74) is -0.337. The van der Waals surface area contributed by atoms with Crippen molar-refractivity contribution < 1.29 is 29.6 Å². The molecule has 2 heterocycles. The molecule has 1 aromatic rings. The molecule has 0 radical (unpaired) electrons. The fourth-order valence-corrected chi connectivity index (χ4v) is 3.22. The zero-order valence-electron chi connectivity index (χ0n) is 12.6. The lowest BCUT2D eigenvalue weighted by Gasteiger charge is -2.27. The first kappa shape index (κ1) is 16.1. The number of carbonyl (C=O) groups is 2. The number of hydrogen-bond acceptors (Lipinski definition) is 6. The molecule has 3 N–H and O–H groups in total. The number of likely N-dealkylation sites (tertiary alicyclic amines) is 1. The van der Waals surface area contributed by atoms with E-state index in [1.165, 1.54) is 0 Å². The van der Waals surface area contributed by atoms with Crippen LogP contribution in [0.2, 0.25) is 0 Å². The molecule has 2 aliphatic rings. The van der Waals surface area contributed by atoms with Crippen molar-refractivity contribution in [1.82, 2.24) is 4.90 Å². The first-order valence-corrected chi connectivity index (χ1v) is 7.44. The van der Waals surface area contributed by atoms with Crippen LogP contribution in [0.4, 0.5) is 0 Å². The van der Waals surface area contributed by atoms with Crippen LogP contribution in [0.25, 0.3) is 0 Å². The number of ether oxygens (including phenoxy) is 1. The summed E-state index contributed by atoms with van der Waals surface area (Å²) in [6.07, 6.45) is -5.15. The molecule has 2 aliphatic heterocycles. The minimum atomic E-state index is -1.45. The second kappa shape index (κ2) is 5.68. The van der Waals surface area contributed by atoms with E-state index in [1.807, 2.05) is 6.07 Å². The van der Waals surface area contributed by atoms with Gasteiger partial charge in [0.05, 0.1) is 12.0 Å². The molecule has 23 heavy (non-hydrogen) atoms. The molecule has 1 aromatic carbocycles. The van der Waals surface area contributed by atoms with E-state index in [4.69, 9.17) is 9.84 Å². The number of aliphatic hydroxyl groups is 3. The third-order valence-corrected chi connectivity index (χ3v) is 4.65. The number of hydrogen-bond donors (Lipinski definition) is 3. The van der Waals surface area contributed by atoms with Gasteiger partial charge in [-0.15, -0.1) is 0 Å². The van der Waals surface area contributed by atoms with Crippen molar-refractivity contribution >= 4 is 11.8 Å². The first-order valence-electron chi connectivity index (χ1n) is 7.44. The van der Waals surface area contributed by atoms with Crippen LogP contribution in [0.15, 0.2) is 30.3 Å². The molecule has 5 atom stereocenters. The summed E-state index contributed by atoms with van der Waals surface area (Å²) in [5, 5.41) is 29.0. The molecule has 7 heteroatoms. The number of imide groups is 1. The first-order chi connectivity index (χ1) is 10.9. The quantitative estimate of drug-likeness (QED) is 0.626. The van der Waals surface area contributed by atoms with Gasteiger partial charge in [-0.1, -0.05) is 30.3 Å². The van der Waals surface area contributed by atoms with Crippen molar-refractivity contribution in [3.05, 3.63) is 35.9 Å². The number of amides is 2. The number of nitrogens with zero attached hydrogens (tertiary/aromatic N) is 1. The third kappa shape index (κ3) is 2.36. The number of aliphatic hydroxyl groups excluding tert-OH is 3. The van der Waals surface area contributed by atoms with Crippen LogP contribution in [0, 0.1) is 0 Å². The molecule has 2 fully saturated rings. The number of rotatable bonds is 3. The van der Waals surface area contributed by atoms with Gasteiger partial charge < -0.3 is 20.1 Å². The van der Waals surface area contributed by atoms with Crippen LogP contribution in [-0.2, 0) is 19.7 Å². The zero-order chi connectivity index (χ0) is 16.8. The van der Waals surface area contributed by atoms with Crippen LogP contribution in [0.3, 0.4) is 0 Å². The van der Waals surface area contributed by atoms with Gasteiger partial charge in [0.15, 0.2) is 6.23 Å². The predicted molar refractivity (Wildman–Crippen MR) is 78.0 cm³/mol. The molecule has 5 unspecified atom stereocenters. The Kier molecular flexibility index (Phi) is 3.97. The maximum atomic E-state index is 12.8. The summed E-state index contributed by atoms with van der Waals surface area (Å²) < 4.78 is 5.32. The molecule has 3 rings (SSSR count). The van der Waals surface area contributed by atoms with Crippen LogP contribution < -0.4 is 0 Å². The van der Waals surface area contributed by atoms with Gasteiger partial charge in [0.2, 0.25) is 11.8 Å². The summed E-state index contributed by atoms with van der Waals surface area (Å²) in [4.78, 5) is 26.1. The van der Waals surface area contributed by atoms with Crippen LogP contribution in [-0.4, -0.2) is 63.2 Å². The Labute approximate surface area is 133 Å². The monoisotopic (exact) mass is 321 g/mol. The molecule has 7 nitrogen and oxygen atoms in total. The maximum Gasteiger partial charge on any atom is 0.242 e. The Bertz CT molecular complexity index is 620. The Morgan fingerprint density at radius 1 is 1.22 bits per heavy atom. The fraction of sp³-hybridized carbons (Fsp3) is 0.500. The SMILES string of the molecule is CC1(c2ccccc2)CC(=O)N(C2OC(CO)C(O)C2O)C1=O. The average Bonchev–Trinajstić information content (AvgIpc) is 2.96. The normalized spacial score (nSPS) is 37.7. The summed E-state index contributed by atoms with van der Waals surface area (Å²) in [6, 6.07) is 8.93. The van der Waals surface area contributed by atoms with E-state index >= 15 is 0 Å². The Morgan fingerprint density at radius 3 is 2.43 bits per heavy atom. The molecule has 0 saturated carbocycles. The van der Waals surface area contributed by atoms with E-state index in [0.717, 1.165) is 4.90 Å². The topological polar surface area (TPSA) is 107 Å². The summed E-state index contributed by atoms with van der Waals surface area (Å²) >= 11 is 0. The maximum absolute atomic E-state index is 12.8. The van der Waals surface area contributed by atoms with E-state index in [-0.39, 0.29) is 6.42 Å². The predicted octanol–water partition coefficient (Wildman–Crippen LogP) is -0.858. The highest BCUT2D eigenvalue weighted by atomic mass is 16.6. The van der Waals surface area contributed by atoms with Crippen molar-refractivity contribution in [2.75, 3.05) is 6.61 Å². The lowest BCUT2D eigenvalue weighted by atomic mass is 9.81. The zero-order valence-corrected chi connectivity index (χ0v) is 12.6. The van der Waals surface area contributed by atoms with Crippen molar-refractivity contribution in [2.45, 2.75) is 43.3 Å².